The van der Waals surface area contributed by atoms with Crippen LogP contribution in [0, 0.1) is 16.0 Å². The molecule has 8 heteroatoms. The number of aryl methyl sites for hydroxylation is 1. The summed E-state index contributed by atoms with van der Waals surface area (Å²) in [6, 6.07) is 6.46. The molecule has 0 aliphatic carbocycles. The number of ether oxygens (including phenoxy) is 1. The van der Waals surface area contributed by atoms with Crippen molar-refractivity contribution in [2.45, 2.75) is 51.9 Å². The van der Waals surface area contributed by atoms with E-state index in [2.05, 4.69) is 20.8 Å². The van der Waals surface area contributed by atoms with Gasteiger partial charge >= 0.3 is 5.97 Å². The molecule has 160 valence electrons. The number of aromatic nitrogens is 2. The highest BCUT2D eigenvalue weighted by molar-refractivity contribution is 6.05. The van der Waals surface area contributed by atoms with E-state index in [9.17, 15) is 14.9 Å². The number of aliphatic imine (C=N–C) groups is 1. The molecular weight excluding hydrogens is 384 g/mol. The number of rotatable bonds is 6. The van der Waals surface area contributed by atoms with Crippen molar-refractivity contribution in [3.8, 4) is 0 Å². The summed E-state index contributed by atoms with van der Waals surface area (Å²) in [4.78, 5) is 28.5. The molecule has 8 nitrogen and oxygen atoms in total. The van der Waals surface area contributed by atoms with Crippen molar-refractivity contribution in [2.24, 2.45) is 18.0 Å². The molecule has 0 bridgehead atoms. The highest BCUT2D eigenvalue weighted by Crippen LogP contribution is 2.48. The Kier molecular flexibility index (Phi) is 5.78. The van der Waals surface area contributed by atoms with E-state index in [1.807, 2.05) is 13.1 Å². The fraction of sp³-hybridized carbons (Fsp3) is 0.500. The van der Waals surface area contributed by atoms with Crippen molar-refractivity contribution in [2.75, 3.05) is 7.11 Å². The Morgan fingerprint density at radius 1 is 1.33 bits per heavy atom. The lowest BCUT2D eigenvalue weighted by molar-refractivity contribution is -0.384. The smallest absolute Gasteiger partial charge is 0.315 e. The maximum Gasteiger partial charge on any atom is 0.315 e. The number of benzene rings is 1. The van der Waals surface area contributed by atoms with Crippen LogP contribution in [0.25, 0.3) is 0 Å². The Morgan fingerprint density at radius 3 is 2.57 bits per heavy atom. The van der Waals surface area contributed by atoms with Crippen molar-refractivity contribution >= 4 is 23.2 Å². The summed E-state index contributed by atoms with van der Waals surface area (Å²) < 4.78 is 6.85. The van der Waals surface area contributed by atoms with E-state index in [0.717, 1.165) is 24.1 Å². The molecule has 0 saturated heterocycles. The predicted octanol–water partition coefficient (Wildman–Crippen LogP) is 4.43. The number of nitro groups is 1. The van der Waals surface area contributed by atoms with Gasteiger partial charge in [0.1, 0.15) is 5.92 Å². The molecule has 2 unspecified atom stereocenters. The Labute approximate surface area is 176 Å². The topological polar surface area (TPSA) is 99.6 Å². The van der Waals surface area contributed by atoms with E-state index in [4.69, 9.17) is 14.8 Å². The zero-order valence-electron chi connectivity index (χ0n) is 18.3. The van der Waals surface area contributed by atoms with Crippen LogP contribution < -0.4 is 0 Å². The largest absolute Gasteiger partial charge is 0.468 e. The maximum absolute atomic E-state index is 12.8. The second-order valence-corrected chi connectivity index (χ2v) is 8.06. The van der Waals surface area contributed by atoms with Gasteiger partial charge in [0.25, 0.3) is 5.69 Å². The number of esters is 1. The Morgan fingerprint density at radius 2 is 2.00 bits per heavy atom. The summed E-state index contributed by atoms with van der Waals surface area (Å²) in [6.45, 7) is 8.17. The van der Waals surface area contributed by atoms with Crippen molar-refractivity contribution < 1.29 is 14.5 Å². The van der Waals surface area contributed by atoms with Gasteiger partial charge in [-0.2, -0.15) is 5.10 Å². The predicted molar refractivity (Wildman–Crippen MR) is 114 cm³/mol. The molecule has 0 amide bonds. The number of hydrogen-bond acceptors (Lipinski definition) is 6. The number of nitrogens with zero attached hydrogens (tertiary/aromatic N) is 4. The van der Waals surface area contributed by atoms with Crippen molar-refractivity contribution in [3.05, 3.63) is 51.2 Å². The minimum absolute atomic E-state index is 0.0167. The third kappa shape index (κ3) is 3.40. The lowest BCUT2D eigenvalue weighted by Gasteiger charge is -2.33. The standard InChI is InChI=1S/C22H28N4O4/c1-7-22(4,8-2)19-18-17(14-10-9-11-15(12-14)26(28)29)16(21(27)30-6)13(3)23-20(18)25(5)24-19/h9-12,16-17H,7-8H2,1-6H3. The highest BCUT2D eigenvalue weighted by Gasteiger charge is 2.44. The summed E-state index contributed by atoms with van der Waals surface area (Å²) in [5, 5.41) is 16.2. The van der Waals surface area contributed by atoms with E-state index in [-0.39, 0.29) is 11.1 Å². The summed E-state index contributed by atoms with van der Waals surface area (Å²) in [6.07, 6.45) is 1.72. The first-order chi connectivity index (χ1) is 14.2. The van der Waals surface area contributed by atoms with Crippen LogP contribution in [0.4, 0.5) is 11.5 Å². The van der Waals surface area contributed by atoms with Gasteiger partial charge in [0, 0.05) is 41.8 Å². The van der Waals surface area contributed by atoms with Crippen molar-refractivity contribution in [1.82, 2.24) is 9.78 Å². The van der Waals surface area contributed by atoms with Crippen molar-refractivity contribution in [3.63, 3.8) is 0 Å². The molecule has 0 fully saturated rings. The second-order valence-electron chi connectivity index (χ2n) is 8.06. The number of nitro benzene ring substituents is 1. The van der Waals surface area contributed by atoms with Crippen LogP contribution in [-0.4, -0.2) is 33.5 Å². The van der Waals surface area contributed by atoms with Crippen LogP contribution in [0.15, 0.2) is 29.3 Å². The van der Waals surface area contributed by atoms with Crippen LogP contribution in [0.5, 0.6) is 0 Å². The van der Waals surface area contributed by atoms with E-state index >= 15 is 0 Å². The molecule has 0 spiro atoms. The van der Waals surface area contributed by atoms with Crippen LogP contribution in [0.2, 0.25) is 0 Å². The van der Waals surface area contributed by atoms with E-state index < -0.39 is 22.7 Å². The number of fused-ring (bicyclic) bond motifs is 1. The molecule has 0 radical (unpaired) electrons. The van der Waals surface area contributed by atoms with Crippen LogP contribution in [-0.2, 0) is 22.0 Å². The third-order valence-corrected chi connectivity index (χ3v) is 6.46. The maximum atomic E-state index is 12.8. The molecule has 2 aromatic rings. The quantitative estimate of drug-likeness (QED) is 0.397. The molecule has 1 aliphatic rings. The first-order valence-corrected chi connectivity index (χ1v) is 10.1. The summed E-state index contributed by atoms with van der Waals surface area (Å²) in [7, 11) is 3.19. The summed E-state index contributed by atoms with van der Waals surface area (Å²) in [5.41, 5.74) is 2.79. The van der Waals surface area contributed by atoms with E-state index in [1.54, 1.807) is 17.7 Å². The lowest BCUT2D eigenvalue weighted by atomic mass is 9.71. The monoisotopic (exact) mass is 412 g/mol. The SMILES string of the molecule is CCC(C)(CC)c1nn(C)c2c1C(c1cccc([N+](=O)[O-])c1)C(C(=O)OC)C(C)=N2. The number of carbonyl (C=O) groups is 1. The molecule has 0 N–H and O–H groups in total. The fourth-order valence-electron chi connectivity index (χ4n) is 4.25. The lowest BCUT2D eigenvalue weighted by Crippen LogP contribution is -2.34. The van der Waals surface area contributed by atoms with Gasteiger partial charge in [-0.3, -0.25) is 19.6 Å². The number of non-ortho nitro benzene ring substituents is 1. The van der Waals surface area contributed by atoms with Crippen LogP contribution in [0.1, 0.15) is 63.3 Å². The van der Waals surface area contributed by atoms with Gasteiger partial charge in [-0.25, -0.2) is 4.99 Å². The second kappa shape index (κ2) is 8.01. The van der Waals surface area contributed by atoms with Gasteiger partial charge in [-0.1, -0.05) is 32.9 Å². The molecule has 2 atom stereocenters. The molecule has 3 rings (SSSR count). The minimum atomic E-state index is -0.676. The molecular formula is C22H28N4O4. The average molecular weight is 412 g/mol. The zero-order valence-corrected chi connectivity index (χ0v) is 18.3. The van der Waals surface area contributed by atoms with Gasteiger partial charge in [-0.05, 0) is 25.3 Å². The summed E-state index contributed by atoms with van der Waals surface area (Å²) in [5.74, 6) is -0.869. The first kappa shape index (κ1) is 21.7. The minimum Gasteiger partial charge on any atom is -0.468 e. The zero-order chi connectivity index (χ0) is 22.2. The molecule has 0 saturated carbocycles. The normalized spacial score (nSPS) is 18.5. The average Bonchev–Trinajstić information content (AvgIpc) is 3.08. The Balaban J connectivity index is 2.36. The molecule has 2 heterocycles. The van der Waals surface area contributed by atoms with E-state index in [0.29, 0.717) is 17.1 Å². The number of methoxy groups -OCH3 is 1. The molecule has 1 aliphatic heterocycles. The Hall–Kier alpha value is -3.03. The van der Waals surface area contributed by atoms with Crippen molar-refractivity contribution in [1.29, 1.82) is 0 Å². The third-order valence-electron chi connectivity index (χ3n) is 6.46. The number of hydrogen-bond donors (Lipinski definition) is 0. The highest BCUT2D eigenvalue weighted by atomic mass is 16.6. The van der Waals surface area contributed by atoms with Gasteiger partial charge in [0.05, 0.1) is 17.7 Å². The van der Waals surface area contributed by atoms with Gasteiger partial charge in [0.2, 0.25) is 0 Å². The Bertz CT molecular complexity index is 1020. The van der Waals surface area contributed by atoms with Gasteiger partial charge in [-0.15, -0.1) is 0 Å². The molecule has 30 heavy (non-hydrogen) atoms. The van der Waals surface area contributed by atoms with Crippen LogP contribution >= 0.6 is 0 Å². The number of carbonyl (C=O) groups excluding carboxylic acids is 1. The van der Waals surface area contributed by atoms with E-state index in [1.165, 1.54) is 19.2 Å². The molecule has 1 aromatic carbocycles. The first-order valence-electron chi connectivity index (χ1n) is 10.1. The van der Waals surface area contributed by atoms with Gasteiger partial charge in [0.15, 0.2) is 5.82 Å². The van der Waals surface area contributed by atoms with Gasteiger partial charge < -0.3 is 4.74 Å². The summed E-state index contributed by atoms with van der Waals surface area (Å²) >= 11 is 0. The van der Waals surface area contributed by atoms with Crippen LogP contribution in [0.3, 0.4) is 0 Å². The fourth-order valence-corrected chi connectivity index (χ4v) is 4.25. The molecule has 1 aromatic heterocycles.